The van der Waals surface area contributed by atoms with Gasteiger partial charge in [-0.05, 0) is 42.9 Å². The highest BCUT2D eigenvalue weighted by molar-refractivity contribution is 5.95. The van der Waals surface area contributed by atoms with E-state index in [4.69, 9.17) is 0 Å². The van der Waals surface area contributed by atoms with Gasteiger partial charge in [0.05, 0.1) is 5.56 Å². The maximum Gasteiger partial charge on any atom is 0.254 e. The number of carbonyl (C=O) groups is 1. The van der Waals surface area contributed by atoms with Gasteiger partial charge < -0.3 is 5.32 Å². The molecule has 1 atom stereocenters. The standard InChI is InChI=1S/C16H22FNO/c1-3-4-11(2)9-12-5-8-15(17)14(10-12)16(19)18-13-6-7-13/h5,8,10-11,13H,3-4,6-7,9H2,1-2H3,(H,18,19). The zero-order valence-electron chi connectivity index (χ0n) is 11.7. The van der Waals surface area contributed by atoms with Crippen LogP contribution in [-0.2, 0) is 6.42 Å². The van der Waals surface area contributed by atoms with E-state index in [0.717, 1.165) is 37.7 Å². The first-order valence-electron chi connectivity index (χ1n) is 7.19. The zero-order chi connectivity index (χ0) is 13.8. The second-order valence-electron chi connectivity index (χ2n) is 5.66. The number of carbonyl (C=O) groups excluding carboxylic acids is 1. The Morgan fingerprint density at radius 2 is 2.21 bits per heavy atom. The van der Waals surface area contributed by atoms with Crippen LogP contribution in [-0.4, -0.2) is 11.9 Å². The minimum Gasteiger partial charge on any atom is -0.349 e. The van der Waals surface area contributed by atoms with E-state index in [1.165, 1.54) is 6.07 Å². The first kappa shape index (κ1) is 14.0. The second kappa shape index (κ2) is 6.18. The topological polar surface area (TPSA) is 29.1 Å². The van der Waals surface area contributed by atoms with Crippen molar-refractivity contribution in [2.75, 3.05) is 0 Å². The molecule has 1 N–H and O–H groups in total. The predicted octanol–water partition coefficient (Wildman–Crippen LogP) is 3.70. The Labute approximate surface area is 114 Å². The van der Waals surface area contributed by atoms with Gasteiger partial charge >= 0.3 is 0 Å². The third-order valence-electron chi connectivity index (χ3n) is 3.55. The maximum atomic E-state index is 13.7. The van der Waals surface area contributed by atoms with Gasteiger partial charge in [-0.1, -0.05) is 32.8 Å². The number of hydrogen-bond acceptors (Lipinski definition) is 1. The van der Waals surface area contributed by atoms with E-state index in [-0.39, 0.29) is 17.5 Å². The van der Waals surface area contributed by atoms with Crippen LogP contribution >= 0.6 is 0 Å². The minimum absolute atomic E-state index is 0.188. The summed E-state index contributed by atoms with van der Waals surface area (Å²) >= 11 is 0. The molecule has 2 nitrogen and oxygen atoms in total. The number of rotatable bonds is 6. The number of nitrogens with one attached hydrogen (secondary N) is 1. The predicted molar refractivity (Wildman–Crippen MR) is 74.7 cm³/mol. The summed E-state index contributed by atoms with van der Waals surface area (Å²) in [5.41, 5.74) is 1.23. The molecule has 0 bridgehead atoms. The number of amides is 1. The van der Waals surface area contributed by atoms with Gasteiger partial charge in [-0.2, -0.15) is 0 Å². The Kier molecular flexibility index (Phi) is 4.56. The number of halogens is 1. The van der Waals surface area contributed by atoms with E-state index in [1.54, 1.807) is 12.1 Å². The molecule has 0 heterocycles. The molecule has 1 fully saturated rings. The van der Waals surface area contributed by atoms with Crippen LogP contribution in [0.15, 0.2) is 18.2 Å². The molecule has 3 heteroatoms. The molecule has 0 radical (unpaired) electrons. The van der Waals surface area contributed by atoms with Crippen LogP contribution in [0, 0.1) is 11.7 Å². The van der Waals surface area contributed by atoms with E-state index in [0.29, 0.717) is 5.92 Å². The van der Waals surface area contributed by atoms with Crippen molar-refractivity contribution in [1.29, 1.82) is 0 Å². The molecule has 1 saturated carbocycles. The monoisotopic (exact) mass is 263 g/mol. The van der Waals surface area contributed by atoms with Crippen molar-refractivity contribution in [3.63, 3.8) is 0 Å². The Balaban J connectivity index is 2.07. The van der Waals surface area contributed by atoms with Crippen molar-refractivity contribution in [3.8, 4) is 0 Å². The average Bonchev–Trinajstić information content (AvgIpc) is 3.15. The van der Waals surface area contributed by atoms with Gasteiger partial charge in [-0.3, -0.25) is 4.79 Å². The van der Waals surface area contributed by atoms with Gasteiger partial charge in [-0.25, -0.2) is 4.39 Å². The average molecular weight is 263 g/mol. The van der Waals surface area contributed by atoms with Gasteiger partial charge in [0.25, 0.3) is 5.91 Å². The number of hydrogen-bond donors (Lipinski definition) is 1. The summed E-state index contributed by atoms with van der Waals surface area (Å²) in [5, 5.41) is 2.84. The van der Waals surface area contributed by atoms with Gasteiger partial charge in [0.2, 0.25) is 0 Å². The minimum atomic E-state index is -0.426. The van der Waals surface area contributed by atoms with Crippen molar-refractivity contribution >= 4 is 5.91 Å². The molecule has 1 aromatic rings. The Morgan fingerprint density at radius 3 is 2.84 bits per heavy atom. The normalized spacial score (nSPS) is 16.2. The van der Waals surface area contributed by atoms with Gasteiger partial charge in [0.1, 0.15) is 5.82 Å². The van der Waals surface area contributed by atoms with Crippen molar-refractivity contribution in [3.05, 3.63) is 35.1 Å². The zero-order valence-corrected chi connectivity index (χ0v) is 11.7. The molecule has 1 aliphatic carbocycles. The van der Waals surface area contributed by atoms with E-state index in [2.05, 4.69) is 19.2 Å². The smallest absolute Gasteiger partial charge is 0.254 e. The van der Waals surface area contributed by atoms with Gasteiger partial charge in [0, 0.05) is 6.04 Å². The summed E-state index contributed by atoms with van der Waals surface area (Å²) in [7, 11) is 0. The highest BCUT2D eigenvalue weighted by Gasteiger charge is 2.25. The Hall–Kier alpha value is -1.38. The molecule has 1 aromatic carbocycles. The first-order valence-corrected chi connectivity index (χ1v) is 7.19. The van der Waals surface area contributed by atoms with Crippen LogP contribution in [0.2, 0.25) is 0 Å². The van der Waals surface area contributed by atoms with Crippen molar-refractivity contribution < 1.29 is 9.18 Å². The molecule has 0 spiro atoms. The lowest BCUT2D eigenvalue weighted by Gasteiger charge is -2.12. The fourth-order valence-electron chi connectivity index (χ4n) is 2.36. The number of benzene rings is 1. The molecule has 0 aromatic heterocycles. The van der Waals surface area contributed by atoms with Crippen molar-refractivity contribution in [1.82, 2.24) is 5.32 Å². The van der Waals surface area contributed by atoms with Crippen molar-refractivity contribution in [2.45, 2.75) is 52.0 Å². The Bertz CT molecular complexity index is 454. The van der Waals surface area contributed by atoms with Crippen LogP contribution in [0.4, 0.5) is 4.39 Å². The van der Waals surface area contributed by atoms with E-state index >= 15 is 0 Å². The molecule has 1 amide bonds. The summed E-state index contributed by atoms with van der Waals surface area (Å²) < 4.78 is 13.7. The lowest BCUT2D eigenvalue weighted by Crippen LogP contribution is -2.26. The molecule has 104 valence electrons. The molecular formula is C16H22FNO. The quantitative estimate of drug-likeness (QED) is 0.833. The summed E-state index contributed by atoms with van der Waals surface area (Å²) in [6.07, 6.45) is 5.23. The van der Waals surface area contributed by atoms with Crippen LogP contribution < -0.4 is 5.32 Å². The molecule has 2 rings (SSSR count). The second-order valence-corrected chi connectivity index (χ2v) is 5.66. The molecule has 1 aliphatic rings. The molecule has 0 saturated heterocycles. The van der Waals surface area contributed by atoms with Crippen LogP contribution in [0.3, 0.4) is 0 Å². The third kappa shape index (κ3) is 4.05. The van der Waals surface area contributed by atoms with Crippen LogP contribution in [0.25, 0.3) is 0 Å². The van der Waals surface area contributed by atoms with E-state index in [1.807, 2.05) is 0 Å². The third-order valence-corrected chi connectivity index (χ3v) is 3.55. The summed E-state index contributed by atoms with van der Waals surface area (Å²) in [4.78, 5) is 11.9. The molecule has 1 unspecified atom stereocenters. The highest BCUT2D eigenvalue weighted by Crippen LogP contribution is 2.21. The van der Waals surface area contributed by atoms with Gasteiger partial charge in [0.15, 0.2) is 0 Å². The molecular weight excluding hydrogens is 241 g/mol. The SMILES string of the molecule is CCCC(C)Cc1ccc(F)c(C(=O)NC2CC2)c1. The maximum absolute atomic E-state index is 13.7. The molecule has 0 aliphatic heterocycles. The summed E-state index contributed by atoms with van der Waals surface area (Å²) in [5.74, 6) is -0.134. The Morgan fingerprint density at radius 1 is 1.47 bits per heavy atom. The lowest BCUT2D eigenvalue weighted by atomic mass is 9.95. The first-order chi connectivity index (χ1) is 9.10. The summed E-state index contributed by atoms with van der Waals surface area (Å²) in [6.45, 7) is 4.35. The fourth-order valence-corrected chi connectivity index (χ4v) is 2.36. The van der Waals surface area contributed by atoms with Crippen LogP contribution in [0.1, 0.15) is 55.5 Å². The van der Waals surface area contributed by atoms with E-state index < -0.39 is 5.82 Å². The fraction of sp³-hybridized carbons (Fsp3) is 0.562. The highest BCUT2D eigenvalue weighted by atomic mass is 19.1. The molecule has 19 heavy (non-hydrogen) atoms. The lowest BCUT2D eigenvalue weighted by molar-refractivity contribution is 0.0947. The van der Waals surface area contributed by atoms with Crippen molar-refractivity contribution in [2.24, 2.45) is 5.92 Å². The largest absolute Gasteiger partial charge is 0.349 e. The van der Waals surface area contributed by atoms with Crippen LogP contribution in [0.5, 0.6) is 0 Å². The summed E-state index contributed by atoms with van der Waals surface area (Å²) in [6, 6.07) is 5.17. The van der Waals surface area contributed by atoms with E-state index in [9.17, 15) is 9.18 Å². The van der Waals surface area contributed by atoms with Gasteiger partial charge in [-0.15, -0.1) is 0 Å².